The lowest BCUT2D eigenvalue weighted by Crippen LogP contribution is -2.17. The largest absolute Gasteiger partial charge is 0.337 e. The van der Waals surface area contributed by atoms with E-state index >= 15 is 0 Å². The summed E-state index contributed by atoms with van der Waals surface area (Å²) < 4.78 is 5.39. The fourth-order valence-electron chi connectivity index (χ4n) is 1.18. The van der Waals surface area contributed by atoms with Crippen LogP contribution in [-0.2, 0) is 22.2 Å². The molecule has 1 rings (SSSR count). The van der Waals surface area contributed by atoms with Gasteiger partial charge in [-0.25, -0.2) is 0 Å². The van der Waals surface area contributed by atoms with Crippen LogP contribution in [-0.4, -0.2) is 37.0 Å². The first-order valence-electron chi connectivity index (χ1n) is 5.39. The van der Waals surface area contributed by atoms with Gasteiger partial charge in [0, 0.05) is 17.3 Å². The van der Waals surface area contributed by atoms with Gasteiger partial charge in [0.15, 0.2) is 0 Å². The van der Waals surface area contributed by atoms with Crippen LogP contribution in [0.15, 0.2) is 29.2 Å². The van der Waals surface area contributed by atoms with Gasteiger partial charge in [0.1, 0.15) is 0 Å². The number of halogens is 1. The van der Waals surface area contributed by atoms with Crippen molar-refractivity contribution in [1.29, 1.82) is 0 Å². The quantitative estimate of drug-likeness (QED) is 0.614. The highest BCUT2D eigenvalue weighted by Crippen LogP contribution is 2.59. The zero-order valence-corrected chi connectivity index (χ0v) is 13.7. The molecule has 0 aliphatic rings. The summed E-state index contributed by atoms with van der Waals surface area (Å²) in [5.74, 6) is 0.449. The highest BCUT2D eigenvalue weighted by atomic mass is 35.5. The second-order valence-corrected chi connectivity index (χ2v) is 10.3. The Kier molecular flexibility index (Phi) is 7.17. The first kappa shape index (κ1) is 16.4. The smallest absolute Gasteiger partial charge is 0.249 e. The van der Waals surface area contributed by atoms with Gasteiger partial charge < -0.3 is 14.3 Å². The van der Waals surface area contributed by atoms with Crippen molar-refractivity contribution in [2.75, 3.05) is 27.2 Å². The van der Waals surface area contributed by atoms with Gasteiger partial charge in [-0.15, -0.1) is 11.6 Å². The molecule has 0 heterocycles. The zero-order chi connectivity index (χ0) is 13.6. The fraction of sp³-hybridized carbons (Fsp3) is 0.455. The summed E-state index contributed by atoms with van der Waals surface area (Å²) in [6.45, 7) is 1.17. The van der Waals surface area contributed by atoms with Crippen molar-refractivity contribution in [3.8, 4) is 0 Å². The molecule has 102 valence electrons. The van der Waals surface area contributed by atoms with Crippen molar-refractivity contribution in [1.82, 2.24) is 4.90 Å². The summed E-state index contributed by atoms with van der Waals surface area (Å²) in [7, 11) is 3.89. The number of benzene rings is 1. The molecule has 0 saturated carbocycles. The molecule has 1 aromatic carbocycles. The van der Waals surface area contributed by atoms with E-state index in [-0.39, 0.29) is 0 Å². The molecule has 0 aliphatic heterocycles. The number of hydrogen-bond acceptors (Lipinski definition) is 4. The van der Waals surface area contributed by atoms with Gasteiger partial charge in [0.2, 0.25) is 5.69 Å². The highest BCUT2D eigenvalue weighted by molar-refractivity contribution is 8.67. The minimum Gasteiger partial charge on any atom is -0.337 e. The second-order valence-electron chi connectivity index (χ2n) is 3.98. The van der Waals surface area contributed by atoms with E-state index in [9.17, 15) is 4.89 Å². The molecule has 1 aromatic rings. The minimum atomic E-state index is -2.82. The van der Waals surface area contributed by atoms with E-state index in [1.807, 2.05) is 43.3 Å². The molecular formula is C11H17ClNO2PS2. The van der Waals surface area contributed by atoms with E-state index in [1.165, 1.54) is 11.4 Å². The summed E-state index contributed by atoms with van der Waals surface area (Å²) in [5.41, 5.74) is -1.82. The maximum Gasteiger partial charge on any atom is 0.249 e. The average molecular weight is 326 g/mol. The molecule has 0 aliphatic carbocycles. The first-order valence-corrected chi connectivity index (χ1v) is 10.0. The Labute approximate surface area is 122 Å². The number of nitrogens with zero attached hydrogens (tertiary/aromatic N) is 1. The first-order chi connectivity index (χ1) is 8.43. The van der Waals surface area contributed by atoms with Gasteiger partial charge in [-0.05, 0) is 55.0 Å². The van der Waals surface area contributed by atoms with Gasteiger partial charge in [0.25, 0.3) is 0 Å². The van der Waals surface area contributed by atoms with E-state index < -0.39 is 5.69 Å². The molecule has 0 radical (unpaired) electrons. The number of rotatable bonds is 7. The molecule has 0 bridgehead atoms. The SMILES string of the molecule is CN(C)CCOP(O)(=S)Sc1cccc(CCl)c1. The molecule has 1 unspecified atom stereocenters. The van der Waals surface area contributed by atoms with E-state index in [0.717, 1.165) is 17.0 Å². The summed E-state index contributed by atoms with van der Waals surface area (Å²) >= 11 is 12.1. The monoisotopic (exact) mass is 325 g/mol. The fourth-order valence-corrected chi connectivity index (χ4v) is 4.84. The van der Waals surface area contributed by atoms with Crippen molar-refractivity contribution < 1.29 is 9.42 Å². The Balaban J connectivity index is 2.55. The predicted molar refractivity (Wildman–Crippen MR) is 82.9 cm³/mol. The van der Waals surface area contributed by atoms with E-state index in [4.69, 9.17) is 27.9 Å². The molecular weight excluding hydrogens is 309 g/mol. The molecule has 0 aromatic heterocycles. The maximum atomic E-state index is 10.1. The molecule has 0 spiro atoms. The molecule has 7 heteroatoms. The number of hydrogen-bond donors (Lipinski definition) is 1. The van der Waals surface area contributed by atoms with Gasteiger partial charge in [-0.1, -0.05) is 12.1 Å². The van der Waals surface area contributed by atoms with E-state index in [2.05, 4.69) is 0 Å². The van der Waals surface area contributed by atoms with Crippen LogP contribution in [0.2, 0.25) is 0 Å². The standard InChI is InChI=1S/C11H17ClNO2PS2/c1-13(2)6-7-15-16(14,17)18-11-5-3-4-10(8-11)9-12/h3-5,8H,6-7,9H2,1-2H3,(H,14,17). The van der Waals surface area contributed by atoms with E-state index in [0.29, 0.717) is 12.5 Å². The van der Waals surface area contributed by atoms with Crippen LogP contribution in [0.4, 0.5) is 0 Å². The second kappa shape index (κ2) is 7.85. The summed E-state index contributed by atoms with van der Waals surface area (Å²) in [6.07, 6.45) is 0. The normalized spacial score (nSPS) is 14.7. The summed E-state index contributed by atoms with van der Waals surface area (Å²) in [6, 6.07) is 7.65. The van der Waals surface area contributed by atoms with Crippen LogP contribution in [0.5, 0.6) is 0 Å². The van der Waals surface area contributed by atoms with Crippen molar-refractivity contribution in [2.24, 2.45) is 0 Å². The van der Waals surface area contributed by atoms with Gasteiger partial charge in [-0.2, -0.15) is 0 Å². The van der Waals surface area contributed by atoms with Crippen molar-refractivity contribution in [3.05, 3.63) is 29.8 Å². The van der Waals surface area contributed by atoms with Crippen molar-refractivity contribution in [2.45, 2.75) is 10.8 Å². The van der Waals surface area contributed by atoms with Crippen LogP contribution in [0, 0.1) is 0 Å². The molecule has 0 saturated heterocycles. The Bertz CT molecular complexity index is 431. The van der Waals surface area contributed by atoms with Crippen molar-refractivity contribution in [3.63, 3.8) is 0 Å². The van der Waals surface area contributed by atoms with Crippen LogP contribution in [0.25, 0.3) is 0 Å². The lowest BCUT2D eigenvalue weighted by Gasteiger charge is -2.17. The van der Waals surface area contributed by atoms with E-state index in [1.54, 1.807) is 0 Å². The lowest BCUT2D eigenvalue weighted by molar-refractivity contribution is 0.265. The molecule has 1 atom stereocenters. The summed E-state index contributed by atoms with van der Waals surface area (Å²) in [5, 5.41) is 0. The number of likely N-dealkylation sites (N-methyl/N-ethyl adjacent to an activating group) is 1. The number of alkyl halides is 1. The van der Waals surface area contributed by atoms with Crippen LogP contribution in [0.3, 0.4) is 0 Å². The molecule has 0 fully saturated rings. The minimum absolute atomic E-state index is 0.434. The maximum absolute atomic E-state index is 10.1. The average Bonchev–Trinajstić information content (AvgIpc) is 2.27. The Morgan fingerprint density at radius 1 is 1.50 bits per heavy atom. The van der Waals surface area contributed by atoms with Crippen LogP contribution < -0.4 is 0 Å². The highest BCUT2D eigenvalue weighted by Gasteiger charge is 2.16. The third kappa shape index (κ3) is 6.53. The Morgan fingerprint density at radius 3 is 2.83 bits per heavy atom. The topological polar surface area (TPSA) is 32.7 Å². The van der Waals surface area contributed by atoms with Crippen LogP contribution >= 0.6 is 28.7 Å². The predicted octanol–water partition coefficient (Wildman–Crippen LogP) is 3.31. The van der Waals surface area contributed by atoms with Crippen molar-refractivity contribution >= 4 is 40.5 Å². The molecule has 18 heavy (non-hydrogen) atoms. The molecule has 3 nitrogen and oxygen atoms in total. The van der Waals surface area contributed by atoms with Crippen LogP contribution in [0.1, 0.15) is 5.56 Å². The Hall–Kier alpha value is 0.390. The molecule has 0 amide bonds. The summed E-state index contributed by atoms with van der Waals surface area (Å²) in [4.78, 5) is 12.9. The third-order valence-corrected chi connectivity index (χ3v) is 6.21. The van der Waals surface area contributed by atoms with Gasteiger partial charge in [-0.3, -0.25) is 0 Å². The Morgan fingerprint density at radius 2 is 2.22 bits per heavy atom. The molecule has 1 N–H and O–H groups in total. The van der Waals surface area contributed by atoms with Gasteiger partial charge >= 0.3 is 0 Å². The lowest BCUT2D eigenvalue weighted by atomic mass is 10.2. The van der Waals surface area contributed by atoms with Gasteiger partial charge in [0.05, 0.1) is 6.61 Å². The zero-order valence-electron chi connectivity index (χ0n) is 10.4. The third-order valence-electron chi connectivity index (χ3n) is 2.07.